The van der Waals surface area contributed by atoms with Crippen LogP contribution >= 0.6 is 58.1 Å². The van der Waals surface area contributed by atoms with Crippen molar-refractivity contribution in [2.75, 3.05) is 0 Å². The first-order valence-electron chi connectivity index (χ1n) is 15.6. The maximum absolute atomic E-state index is 6.74. The second-order valence-electron chi connectivity index (χ2n) is 13.9. The molecule has 240 valence electrons. The van der Waals surface area contributed by atoms with Gasteiger partial charge in [0, 0.05) is 0 Å². The minimum Gasteiger partial charge on any atom is -0.241 e. The number of fused-ring (bicyclic) bond motifs is 3. The summed E-state index contributed by atoms with van der Waals surface area (Å²) < 4.78 is 9.56. The van der Waals surface area contributed by atoms with Gasteiger partial charge in [0.05, 0.1) is 42.9 Å². The second kappa shape index (κ2) is 13.6. The molecular formula is C34H42Cl4N4SSi2. The van der Waals surface area contributed by atoms with Crippen LogP contribution in [-0.2, 0) is 0 Å². The van der Waals surface area contributed by atoms with E-state index in [1.807, 2.05) is 0 Å². The van der Waals surface area contributed by atoms with Gasteiger partial charge in [-0.05, 0) is 33.2 Å². The summed E-state index contributed by atoms with van der Waals surface area (Å²) in [4.78, 5) is 10.2. The summed E-state index contributed by atoms with van der Waals surface area (Å²) in [6, 6.07) is 0. The molecule has 11 heteroatoms. The third-order valence-corrected chi connectivity index (χ3v) is 24.8. The number of nitrogens with zero attached hydrogens (tertiary/aromatic N) is 4. The van der Waals surface area contributed by atoms with E-state index in [0.717, 1.165) is 11.7 Å². The zero-order valence-electron chi connectivity index (χ0n) is 28.2. The van der Waals surface area contributed by atoms with Crippen molar-refractivity contribution in [3.05, 3.63) is 31.2 Å². The summed E-state index contributed by atoms with van der Waals surface area (Å²) >= 11 is 27.6. The van der Waals surface area contributed by atoms with Crippen LogP contribution in [0.2, 0.25) is 53.3 Å². The average molecular weight is 737 g/mol. The zero-order valence-corrected chi connectivity index (χ0v) is 34.0. The van der Waals surface area contributed by atoms with Crippen LogP contribution in [0.25, 0.3) is 33.1 Å². The lowest BCUT2D eigenvalue weighted by molar-refractivity contribution is 0.838. The molecule has 0 saturated carbocycles. The number of benzene rings is 2. The van der Waals surface area contributed by atoms with Gasteiger partial charge in [0.15, 0.2) is 0 Å². The predicted molar refractivity (Wildman–Crippen MR) is 204 cm³/mol. The summed E-state index contributed by atoms with van der Waals surface area (Å²) in [6.45, 7) is 27.6. The molecule has 0 radical (unpaired) electrons. The highest BCUT2D eigenvalue weighted by Crippen LogP contribution is 2.45. The smallest absolute Gasteiger partial charge is 0.146 e. The average Bonchev–Trinajstić information content (AvgIpc) is 3.44. The van der Waals surface area contributed by atoms with Gasteiger partial charge >= 0.3 is 0 Å². The molecule has 0 aliphatic heterocycles. The third kappa shape index (κ3) is 5.95. The molecule has 0 unspecified atom stereocenters. The van der Waals surface area contributed by atoms with Gasteiger partial charge in [0.25, 0.3) is 0 Å². The summed E-state index contributed by atoms with van der Waals surface area (Å²) in [6.07, 6.45) is 0. The molecule has 0 fully saturated rings. The van der Waals surface area contributed by atoms with Crippen molar-refractivity contribution >= 4 is 107 Å². The van der Waals surface area contributed by atoms with E-state index in [2.05, 4.69) is 106 Å². The highest BCUT2D eigenvalue weighted by Gasteiger charge is 2.43. The summed E-state index contributed by atoms with van der Waals surface area (Å²) in [7, 11) is -4.22. The van der Waals surface area contributed by atoms with E-state index in [1.54, 1.807) is 0 Å². The van der Waals surface area contributed by atoms with Gasteiger partial charge < -0.3 is 0 Å². The van der Waals surface area contributed by atoms with Crippen LogP contribution in [0.3, 0.4) is 0 Å². The zero-order chi connectivity index (χ0) is 33.8. The molecule has 4 nitrogen and oxygen atoms in total. The normalized spacial score (nSPS) is 12.8. The second-order valence-corrected chi connectivity index (χ2v) is 27.1. The SMILES string of the molecule is CC(C)[Si](C#Cc1c2nsnc2c(C#C[Si](C(C)C)(C(C)C)C(C)C)c2nc3c(Cl)c(Cl)c(Cl)c(Cl)c3nc12)(C(C)C)C(C)C. The number of rotatable bonds is 6. The van der Waals surface area contributed by atoms with Crippen LogP contribution in [0.4, 0.5) is 0 Å². The van der Waals surface area contributed by atoms with Gasteiger partial charge in [0.1, 0.15) is 49.2 Å². The maximum atomic E-state index is 6.74. The van der Waals surface area contributed by atoms with Crippen molar-refractivity contribution in [3.63, 3.8) is 0 Å². The Balaban J connectivity index is 2.27. The van der Waals surface area contributed by atoms with Crippen molar-refractivity contribution in [2.24, 2.45) is 0 Å². The first-order valence-corrected chi connectivity index (χ1v) is 22.3. The Morgan fingerprint density at radius 1 is 0.444 bits per heavy atom. The van der Waals surface area contributed by atoms with E-state index in [0.29, 0.717) is 77.5 Å². The Labute approximate surface area is 294 Å². The lowest BCUT2D eigenvalue weighted by Crippen LogP contribution is -2.43. The molecule has 0 aliphatic carbocycles. The van der Waals surface area contributed by atoms with Crippen LogP contribution in [0.5, 0.6) is 0 Å². The standard InChI is InChI=1S/C34H42Cl4N4SSi2/c1-17(2)44(18(3)4,19(5)6)15-13-23-29-30(40-34-28(38)26(36)25(35)27(37)33(34)39-29)24(32-31(23)41-43-42-32)14-16-45(20(7)8,21(9)10)22(11)12/h17-22H,1-12H3. The molecule has 0 atom stereocenters. The van der Waals surface area contributed by atoms with E-state index < -0.39 is 16.1 Å². The number of halogens is 4. The number of aromatic nitrogens is 4. The molecule has 0 N–H and O–H groups in total. The van der Waals surface area contributed by atoms with Gasteiger partial charge in [-0.3, -0.25) is 0 Å². The monoisotopic (exact) mass is 734 g/mol. The van der Waals surface area contributed by atoms with Gasteiger partial charge in [-0.1, -0.05) is 141 Å². The quantitative estimate of drug-likeness (QED) is 0.0650. The van der Waals surface area contributed by atoms with Crippen molar-refractivity contribution in [2.45, 2.75) is 116 Å². The van der Waals surface area contributed by atoms with E-state index in [-0.39, 0.29) is 20.1 Å². The molecule has 2 heterocycles. The Hall–Kier alpha value is -1.43. The number of hydrogen-bond acceptors (Lipinski definition) is 5. The van der Waals surface area contributed by atoms with Crippen LogP contribution in [-0.4, -0.2) is 34.9 Å². The van der Waals surface area contributed by atoms with Crippen molar-refractivity contribution < 1.29 is 0 Å². The minimum atomic E-state index is -2.11. The maximum Gasteiger partial charge on any atom is 0.146 e. The summed E-state index contributed by atoms with van der Waals surface area (Å²) in [5.41, 5.74) is 15.0. The highest BCUT2D eigenvalue weighted by molar-refractivity contribution is 7.00. The first-order chi connectivity index (χ1) is 20.9. The molecule has 0 amide bonds. The topological polar surface area (TPSA) is 51.6 Å². The molecular weight excluding hydrogens is 694 g/mol. The fraction of sp³-hybridized carbons (Fsp3) is 0.529. The van der Waals surface area contributed by atoms with E-state index in [9.17, 15) is 0 Å². The van der Waals surface area contributed by atoms with Crippen molar-refractivity contribution in [3.8, 4) is 22.9 Å². The lowest BCUT2D eigenvalue weighted by atomic mass is 10.0. The van der Waals surface area contributed by atoms with Gasteiger partial charge in [-0.25, -0.2) is 9.97 Å². The Morgan fingerprint density at radius 2 is 0.733 bits per heavy atom. The van der Waals surface area contributed by atoms with Crippen molar-refractivity contribution in [1.82, 2.24) is 18.7 Å². The van der Waals surface area contributed by atoms with Crippen molar-refractivity contribution in [1.29, 1.82) is 0 Å². The summed E-state index contributed by atoms with van der Waals surface area (Å²) in [5, 5.41) is 0.668. The first kappa shape index (κ1) is 36.4. The molecule has 0 aliphatic rings. The Kier molecular flexibility index (Phi) is 11.0. The van der Waals surface area contributed by atoms with Crippen LogP contribution in [0, 0.1) is 22.9 Å². The van der Waals surface area contributed by atoms with Gasteiger partial charge in [0.2, 0.25) is 0 Å². The van der Waals surface area contributed by atoms with Crippen LogP contribution in [0.1, 0.15) is 94.2 Å². The Bertz CT molecular complexity index is 1730. The molecule has 0 bridgehead atoms. The van der Waals surface area contributed by atoms with Gasteiger partial charge in [-0.15, -0.1) is 11.1 Å². The lowest BCUT2D eigenvalue weighted by Gasteiger charge is -2.38. The fourth-order valence-corrected chi connectivity index (χ4v) is 19.6. The van der Waals surface area contributed by atoms with E-state index >= 15 is 0 Å². The molecule has 2 aromatic carbocycles. The molecule has 2 aromatic heterocycles. The molecule has 4 aromatic rings. The largest absolute Gasteiger partial charge is 0.241 e. The van der Waals surface area contributed by atoms with Crippen LogP contribution in [0.15, 0.2) is 0 Å². The minimum absolute atomic E-state index is 0.140. The van der Waals surface area contributed by atoms with Gasteiger partial charge in [-0.2, -0.15) is 8.75 Å². The summed E-state index contributed by atoms with van der Waals surface area (Å²) in [5.74, 6) is 7.24. The Morgan fingerprint density at radius 3 is 1.00 bits per heavy atom. The van der Waals surface area contributed by atoms with Crippen LogP contribution < -0.4 is 0 Å². The van der Waals surface area contributed by atoms with E-state index in [1.165, 1.54) is 0 Å². The fourth-order valence-electron chi connectivity index (χ4n) is 7.68. The number of hydrogen-bond donors (Lipinski definition) is 0. The third-order valence-electron chi connectivity index (χ3n) is 9.87. The molecule has 4 rings (SSSR count). The molecule has 0 spiro atoms. The van der Waals surface area contributed by atoms with E-state index in [4.69, 9.17) is 65.1 Å². The highest BCUT2D eigenvalue weighted by atomic mass is 35.5. The molecule has 45 heavy (non-hydrogen) atoms. The molecule has 0 saturated heterocycles. The predicted octanol–water partition coefficient (Wildman–Crippen LogP) is 12.5.